The first-order valence-electron chi connectivity index (χ1n) is 20.5. The van der Waals surface area contributed by atoms with E-state index < -0.39 is 5.97 Å². The Kier molecular flexibility index (Phi) is 13.0. The third kappa shape index (κ3) is 8.81. The minimum absolute atomic E-state index is 0.131. The molecule has 0 amide bonds. The number of unbranched alkanes of at least 4 members (excludes halogenated alkanes) is 7. The summed E-state index contributed by atoms with van der Waals surface area (Å²) >= 11 is 0. The number of piperidine rings is 3. The van der Waals surface area contributed by atoms with E-state index in [2.05, 4.69) is 66.9 Å². The molecule has 5 atom stereocenters. The summed E-state index contributed by atoms with van der Waals surface area (Å²) < 4.78 is 19.2. The summed E-state index contributed by atoms with van der Waals surface area (Å²) in [5.74, 6) is 2.25. The number of hydrogen-bond acceptors (Lipinski definition) is 6. The molecule has 8 rings (SSSR count). The number of carbonyl (C=O) groups excluding carboxylic acids is 1. The van der Waals surface area contributed by atoms with Crippen molar-refractivity contribution >= 4 is 16.9 Å². The fourth-order valence-corrected chi connectivity index (χ4v) is 8.94. The first-order chi connectivity index (χ1) is 27.1. The molecule has 0 saturated carbocycles. The average molecular weight is 737 g/mol. The molecule has 6 heteroatoms. The number of esters is 1. The van der Waals surface area contributed by atoms with E-state index >= 15 is 0 Å². The highest BCUT2D eigenvalue weighted by Gasteiger charge is 2.45. The molecule has 0 radical (unpaired) electrons. The molecule has 3 aliphatic heterocycles. The Hall–Kier alpha value is -4.94. The molecule has 1 aromatic heterocycles. The van der Waals surface area contributed by atoms with Gasteiger partial charge < -0.3 is 14.2 Å². The molecule has 4 aromatic carbocycles. The normalized spacial score (nSPS) is 19.5. The second-order valence-electron chi connectivity index (χ2n) is 15.3. The molecule has 4 heterocycles. The van der Waals surface area contributed by atoms with Gasteiger partial charge in [0.15, 0.2) is 11.5 Å². The van der Waals surface area contributed by atoms with Crippen molar-refractivity contribution in [2.24, 2.45) is 11.8 Å². The number of nitrogens with zero attached hydrogens (tertiary/aromatic N) is 2. The third-order valence-corrected chi connectivity index (χ3v) is 11.9. The fraction of sp³-hybridized carbons (Fsp3) is 0.388. The highest BCUT2D eigenvalue weighted by molar-refractivity contribution is 5.92. The van der Waals surface area contributed by atoms with Crippen molar-refractivity contribution < 1.29 is 19.0 Å². The number of carbonyl (C=O) groups is 1. The summed E-state index contributed by atoms with van der Waals surface area (Å²) in [6.45, 7) is 9.00. The van der Waals surface area contributed by atoms with Gasteiger partial charge in [-0.2, -0.15) is 0 Å². The largest absolute Gasteiger partial charge is 0.497 e. The van der Waals surface area contributed by atoms with Gasteiger partial charge in [-0.1, -0.05) is 113 Å². The van der Waals surface area contributed by atoms with Crippen LogP contribution in [0.2, 0.25) is 0 Å². The smallest absolute Gasteiger partial charge is 0.343 e. The van der Waals surface area contributed by atoms with Crippen molar-refractivity contribution in [3.05, 3.63) is 133 Å². The topological polar surface area (TPSA) is 60.9 Å². The maximum atomic E-state index is 14.2. The zero-order chi connectivity index (χ0) is 38.0. The second-order valence-corrected chi connectivity index (χ2v) is 15.3. The summed E-state index contributed by atoms with van der Waals surface area (Å²) in [6, 6.07) is 32.4. The van der Waals surface area contributed by atoms with E-state index in [9.17, 15) is 4.79 Å². The van der Waals surface area contributed by atoms with Crippen molar-refractivity contribution in [1.82, 2.24) is 9.88 Å². The van der Waals surface area contributed by atoms with Crippen LogP contribution in [0.5, 0.6) is 17.2 Å². The molecule has 0 N–H and O–H groups in total. The summed E-state index contributed by atoms with van der Waals surface area (Å²) in [5, 5.41) is 1.03. The highest BCUT2D eigenvalue weighted by atomic mass is 16.6. The third-order valence-electron chi connectivity index (χ3n) is 11.9. The second kappa shape index (κ2) is 18.6. The number of methoxy groups -OCH3 is 1. The Bertz CT molecular complexity index is 2030. The van der Waals surface area contributed by atoms with Gasteiger partial charge in [-0.15, -0.1) is 6.58 Å². The predicted molar refractivity (Wildman–Crippen MR) is 223 cm³/mol. The minimum atomic E-state index is -0.402. The van der Waals surface area contributed by atoms with Crippen LogP contribution in [0.1, 0.15) is 98.5 Å². The van der Waals surface area contributed by atoms with Gasteiger partial charge in [0, 0.05) is 35.7 Å². The lowest BCUT2D eigenvalue weighted by Gasteiger charge is -2.52. The van der Waals surface area contributed by atoms with Gasteiger partial charge in [0.2, 0.25) is 0 Å². The van der Waals surface area contributed by atoms with E-state index in [-0.39, 0.29) is 12.0 Å². The molecule has 1 unspecified atom stereocenters. The van der Waals surface area contributed by atoms with Crippen molar-refractivity contribution in [3.63, 3.8) is 0 Å². The van der Waals surface area contributed by atoms with Gasteiger partial charge in [-0.3, -0.25) is 9.88 Å². The predicted octanol–water partition coefficient (Wildman–Crippen LogP) is 11.7. The summed E-state index contributed by atoms with van der Waals surface area (Å²) in [7, 11) is 1.71. The van der Waals surface area contributed by atoms with Crippen LogP contribution in [0.15, 0.2) is 116 Å². The molecule has 0 aliphatic carbocycles. The number of benzene rings is 4. The zero-order valence-corrected chi connectivity index (χ0v) is 32.6. The Morgan fingerprint density at radius 2 is 1.65 bits per heavy atom. The molecule has 5 aromatic rings. The summed E-state index contributed by atoms with van der Waals surface area (Å²) in [6.07, 6.45) is 15.9. The Balaban J connectivity index is 1.39. The van der Waals surface area contributed by atoms with E-state index in [1.165, 1.54) is 38.5 Å². The van der Waals surface area contributed by atoms with Crippen LogP contribution in [-0.4, -0.2) is 48.7 Å². The van der Waals surface area contributed by atoms with Gasteiger partial charge in [-0.25, -0.2) is 4.79 Å². The molecule has 55 heavy (non-hydrogen) atoms. The number of pyridine rings is 1. The Labute approximate surface area is 327 Å². The van der Waals surface area contributed by atoms with Crippen molar-refractivity contribution in [3.8, 4) is 28.4 Å². The van der Waals surface area contributed by atoms with Gasteiger partial charge >= 0.3 is 5.97 Å². The minimum Gasteiger partial charge on any atom is -0.497 e. The number of aromatic nitrogens is 1. The Morgan fingerprint density at radius 1 is 0.909 bits per heavy atom. The van der Waals surface area contributed by atoms with Crippen LogP contribution in [0.4, 0.5) is 0 Å². The molecule has 0 spiro atoms. The van der Waals surface area contributed by atoms with Gasteiger partial charge in [0.05, 0.1) is 24.8 Å². The molecular weight excluding hydrogens is 681 g/mol. The monoisotopic (exact) mass is 736 g/mol. The Morgan fingerprint density at radius 3 is 2.36 bits per heavy atom. The maximum Gasteiger partial charge on any atom is 0.343 e. The van der Waals surface area contributed by atoms with Crippen molar-refractivity contribution in [2.45, 2.75) is 83.1 Å². The lowest BCUT2D eigenvalue weighted by Crippen LogP contribution is -2.55. The fourth-order valence-electron chi connectivity index (χ4n) is 8.94. The standard InChI is InChI=1S/C49H56N2O4/c1-4-6-7-8-9-10-11-18-31-54-45-26-24-40(36-19-14-12-15-20-36)47(48(45)55-49(52)37-21-16-13-17-22-37)46(44-32-38-28-30-51(44)34-35(38)5-2)41-27-29-50-43-25-23-39(53-3)33-42(41)43/h5,12-17,19-27,29,33,35,38,44,46H,2,4,6-11,18,28,30-32,34H2,1,3H3/t35-,38-,44-,46-/m0/s1. The summed E-state index contributed by atoms with van der Waals surface area (Å²) in [5.41, 5.74) is 5.58. The molecule has 3 saturated heterocycles. The number of hydrogen-bond donors (Lipinski definition) is 0. The van der Waals surface area contributed by atoms with E-state index in [0.717, 1.165) is 77.7 Å². The first-order valence-corrected chi connectivity index (χ1v) is 20.5. The van der Waals surface area contributed by atoms with E-state index in [1.54, 1.807) is 7.11 Å². The van der Waals surface area contributed by atoms with Gasteiger partial charge in [0.1, 0.15) is 5.75 Å². The molecular formula is C49H56N2O4. The van der Waals surface area contributed by atoms with Crippen LogP contribution >= 0.6 is 0 Å². The van der Waals surface area contributed by atoms with Crippen LogP contribution < -0.4 is 14.2 Å². The summed E-state index contributed by atoms with van der Waals surface area (Å²) in [4.78, 5) is 21.7. The van der Waals surface area contributed by atoms with Crippen LogP contribution in [-0.2, 0) is 0 Å². The van der Waals surface area contributed by atoms with E-state index in [4.69, 9.17) is 19.2 Å². The SMILES string of the molecule is C=C[C@H]1CN2CC[C@H]1C[C@H]2[C@@H](c1c(-c2ccccc2)ccc(OCCCCCCCCCC)c1OC(=O)c1ccccc1)c1ccnc2ccc(OC)cc12. The average Bonchev–Trinajstić information content (AvgIpc) is 3.24. The van der Waals surface area contributed by atoms with Crippen LogP contribution in [0, 0.1) is 11.8 Å². The molecule has 3 aliphatic rings. The van der Waals surface area contributed by atoms with E-state index in [0.29, 0.717) is 35.5 Å². The maximum absolute atomic E-state index is 14.2. The molecule has 286 valence electrons. The quantitative estimate of drug-likeness (QED) is 0.0386. The lowest BCUT2D eigenvalue weighted by atomic mass is 9.68. The number of rotatable bonds is 18. The van der Waals surface area contributed by atoms with E-state index in [1.807, 2.05) is 60.8 Å². The number of ether oxygens (including phenoxy) is 3. The lowest BCUT2D eigenvalue weighted by molar-refractivity contribution is 0.0118. The van der Waals surface area contributed by atoms with Crippen LogP contribution in [0.25, 0.3) is 22.0 Å². The van der Waals surface area contributed by atoms with Gasteiger partial charge in [-0.05, 0) is 96.8 Å². The molecule has 3 fully saturated rings. The number of fused-ring (bicyclic) bond motifs is 4. The van der Waals surface area contributed by atoms with Crippen molar-refractivity contribution in [1.29, 1.82) is 0 Å². The molecule has 6 nitrogen and oxygen atoms in total. The van der Waals surface area contributed by atoms with Gasteiger partial charge in [0.25, 0.3) is 0 Å². The van der Waals surface area contributed by atoms with Crippen molar-refractivity contribution in [2.75, 3.05) is 26.8 Å². The zero-order valence-electron chi connectivity index (χ0n) is 32.6. The van der Waals surface area contributed by atoms with Crippen LogP contribution in [0.3, 0.4) is 0 Å². The first kappa shape index (κ1) is 38.3. The highest BCUT2D eigenvalue weighted by Crippen LogP contribution is 2.52. The molecule has 2 bridgehead atoms.